The first-order valence-electron chi connectivity index (χ1n) is 11.1. The Kier molecular flexibility index (Phi) is 3.92. The number of hydrogen-bond donors (Lipinski definition) is 0. The van der Waals surface area contributed by atoms with Gasteiger partial charge in [-0.3, -0.25) is 0 Å². The highest BCUT2D eigenvalue weighted by atomic mass is 16.4. The van der Waals surface area contributed by atoms with Crippen LogP contribution in [0, 0.1) is 34.5 Å². The van der Waals surface area contributed by atoms with Crippen molar-refractivity contribution in [3.8, 4) is 0 Å². The molecule has 0 bridgehead atoms. The van der Waals surface area contributed by atoms with E-state index in [1.807, 2.05) is 6.07 Å². The van der Waals surface area contributed by atoms with E-state index in [0.29, 0.717) is 16.7 Å². The van der Waals surface area contributed by atoms with Crippen LogP contribution in [0.25, 0.3) is 0 Å². The van der Waals surface area contributed by atoms with Crippen molar-refractivity contribution in [3.05, 3.63) is 34.4 Å². The van der Waals surface area contributed by atoms with Crippen molar-refractivity contribution in [1.82, 2.24) is 0 Å². The largest absolute Gasteiger partial charge is 0.431 e. The first kappa shape index (κ1) is 17.1. The first-order chi connectivity index (χ1) is 12.5. The number of hydrogen-bond acceptors (Lipinski definition) is 2. The Balaban J connectivity index is 1.45. The van der Waals surface area contributed by atoms with Crippen molar-refractivity contribution in [2.45, 2.75) is 84.0 Å². The standard InChI is InChI=1S/C24H34O2/c1-23-13-4-3-5-17(23)7-8-18-20-10-9-19(16-6-11-22(25)26-15-16)24(20,2)14-12-21(18)23/h6,11,15,17-21H,3-5,7-10,12-14H2,1-2H3/t17-,18+,19-,20+,21+,23+,24-/m1/s1. The molecule has 0 N–H and O–H groups in total. The predicted molar refractivity (Wildman–Crippen MR) is 104 cm³/mol. The zero-order valence-corrected chi connectivity index (χ0v) is 16.5. The van der Waals surface area contributed by atoms with Gasteiger partial charge in [0.1, 0.15) is 0 Å². The fraction of sp³-hybridized carbons (Fsp3) is 0.792. The lowest BCUT2D eigenvalue weighted by Crippen LogP contribution is -2.52. The zero-order valence-electron chi connectivity index (χ0n) is 16.5. The van der Waals surface area contributed by atoms with E-state index in [1.54, 1.807) is 12.3 Å². The van der Waals surface area contributed by atoms with Crippen LogP contribution in [0.2, 0.25) is 0 Å². The minimum atomic E-state index is -0.222. The second-order valence-corrected chi connectivity index (χ2v) is 10.5. The summed E-state index contributed by atoms with van der Waals surface area (Å²) in [6.07, 6.45) is 16.1. The van der Waals surface area contributed by atoms with Crippen molar-refractivity contribution in [3.63, 3.8) is 0 Å². The van der Waals surface area contributed by atoms with E-state index in [-0.39, 0.29) is 5.63 Å². The molecule has 0 saturated heterocycles. The van der Waals surface area contributed by atoms with Gasteiger partial charge in [-0.05, 0) is 103 Å². The van der Waals surface area contributed by atoms with E-state index < -0.39 is 0 Å². The normalized spacial score (nSPS) is 47.7. The molecule has 7 atom stereocenters. The SMILES string of the molecule is C[C@]12CCCC[C@@H]1CC[C@@H]1[C@@H]2CC[C@]2(C)[C@@H](c3ccc(=O)oc3)CC[C@@H]12. The predicted octanol–water partition coefficient (Wildman–Crippen LogP) is 6.16. The van der Waals surface area contributed by atoms with E-state index in [2.05, 4.69) is 13.8 Å². The Morgan fingerprint density at radius 2 is 1.73 bits per heavy atom. The van der Waals surface area contributed by atoms with Crippen LogP contribution in [0.15, 0.2) is 27.6 Å². The van der Waals surface area contributed by atoms with Crippen LogP contribution in [-0.4, -0.2) is 0 Å². The second-order valence-electron chi connectivity index (χ2n) is 10.5. The van der Waals surface area contributed by atoms with Crippen molar-refractivity contribution in [1.29, 1.82) is 0 Å². The Morgan fingerprint density at radius 3 is 2.54 bits per heavy atom. The monoisotopic (exact) mass is 354 g/mol. The molecule has 4 aliphatic rings. The minimum Gasteiger partial charge on any atom is -0.431 e. The Hall–Kier alpha value is -1.05. The van der Waals surface area contributed by atoms with Gasteiger partial charge in [0.2, 0.25) is 0 Å². The van der Waals surface area contributed by atoms with E-state index in [0.717, 1.165) is 23.7 Å². The van der Waals surface area contributed by atoms with Gasteiger partial charge in [-0.15, -0.1) is 0 Å². The fourth-order valence-electron chi connectivity index (χ4n) is 8.41. The van der Waals surface area contributed by atoms with Crippen LogP contribution in [0.4, 0.5) is 0 Å². The van der Waals surface area contributed by atoms with Crippen molar-refractivity contribution in [2.75, 3.05) is 0 Å². The van der Waals surface area contributed by atoms with Crippen LogP contribution in [0.5, 0.6) is 0 Å². The van der Waals surface area contributed by atoms with Gasteiger partial charge in [-0.1, -0.05) is 26.7 Å². The average molecular weight is 355 g/mol. The second kappa shape index (κ2) is 5.97. The van der Waals surface area contributed by atoms with Crippen LogP contribution < -0.4 is 5.63 Å². The molecule has 0 aromatic carbocycles. The third-order valence-electron chi connectivity index (χ3n) is 9.71. The van der Waals surface area contributed by atoms with Gasteiger partial charge < -0.3 is 4.42 Å². The molecule has 4 saturated carbocycles. The van der Waals surface area contributed by atoms with E-state index in [4.69, 9.17) is 4.42 Å². The maximum atomic E-state index is 11.4. The molecule has 1 aromatic heterocycles. The molecule has 1 heterocycles. The summed E-state index contributed by atoms with van der Waals surface area (Å²) < 4.78 is 5.23. The lowest BCUT2D eigenvalue weighted by Gasteiger charge is -2.60. The van der Waals surface area contributed by atoms with Crippen LogP contribution >= 0.6 is 0 Å². The molecule has 0 amide bonds. The van der Waals surface area contributed by atoms with Crippen LogP contribution in [0.1, 0.15) is 89.5 Å². The van der Waals surface area contributed by atoms with Gasteiger partial charge in [0.15, 0.2) is 0 Å². The van der Waals surface area contributed by atoms with Gasteiger partial charge in [0.05, 0.1) is 6.26 Å². The summed E-state index contributed by atoms with van der Waals surface area (Å²) in [6, 6.07) is 3.65. The quantitative estimate of drug-likeness (QED) is 0.605. The molecule has 0 aliphatic heterocycles. The van der Waals surface area contributed by atoms with Crippen molar-refractivity contribution in [2.24, 2.45) is 34.5 Å². The van der Waals surface area contributed by atoms with Gasteiger partial charge >= 0.3 is 5.63 Å². The summed E-state index contributed by atoms with van der Waals surface area (Å²) in [5, 5.41) is 0. The summed E-state index contributed by atoms with van der Waals surface area (Å²) >= 11 is 0. The Morgan fingerprint density at radius 1 is 0.885 bits per heavy atom. The van der Waals surface area contributed by atoms with Gasteiger partial charge in [-0.2, -0.15) is 0 Å². The van der Waals surface area contributed by atoms with Gasteiger partial charge in [0.25, 0.3) is 0 Å². The maximum absolute atomic E-state index is 11.4. The molecule has 0 spiro atoms. The van der Waals surface area contributed by atoms with E-state index in [9.17, 15) is 4.79 Å². The van der Waals surface area contributed by atoms with Gasteiger partial charge in [-0.25, -0.2) is 4.79 Å². The summed E-state index contributed by atoms with van der Waals surface area (Å²) in [6.45, 7) is 5.22. The molecule has 4 aliphatic carbocycles. The highest BCUT2D eigenvalue weighted by Crippen LogP contribution is 2.68. The Bertz CT molecular complexity index is 715. The van der Waals surface area contributed by atoms with Crippen molar-refractivity contribution >= 4 is 0 Å². The molecule has 2 nitrogen and oxygen atoms in total. The summed E-state index contributed by atoms with van der Waals surface area (Å²) in [5.41, 5.74) is 2.07. The van der Waals surface area contributed by atoms with E-state index >= 15 is 0 Å². The summed E-state index contributed by atoms with van der Waals surface area (Å²) in [7, 11) is 0. The molecule has 1 aromatic rings. The smallest absolute Gasteiger partial charge is 0.335 e. The summed E-state index contributed by atoms with van der Waals surface area (Å²) in [4.78, 5) is 11.4. The average Bonchev–Trinajstić information content (AvgIpc) is 2.99. The molecule has 26 heavy (non-hydrogen) atoms. The highest BCUT2D eigenvalue weighted by Gasteiger charge is 2.59. The number of rotatable bonds is 1. The van der Waals surface area contributed by atoms with Crippen molar-refractivity contribution < 1.29 is 4.42 Å². The third kappa shape index (κ3) is 2.33. The molecule has 4 fully saturated rings. The summed E-state index contributed by atoms with van der Waals surface area (Å²) in [5.74, 6) is 4.36. The first-order valence-corrected chi connectivity index (χ1v) is 11.1. The molecular weight excluding hydrogens is 320 g/mol. The van der Waals surface area contributed by atoms with Gasteiger partial charge in [0, 0.05) is 6.07 Å². The van der Waals surface area contributed by atoms with E-state index in [1.165, 1.54) is 69.8 Å². The van der Waals surface area contributed by atoms with Crippen LogP contribution in [0.3, 0.4) is 0 Å². The molecule has 2 heteroatoms. The van der Waals surface area contributed by atoms with Crippen LogP contribution in [-0.2, 0) is 0 Å². The number of fused-ring (bicyclic) bond motifs is 5. The molecule has 0 unspecified atom stereocenters. The maximum Gasteiger partial charge on any atom is 0.335 e. The lowest BCUT2D eigenvalue weighted by atomic mass is 9.45. The molecule has 142 valence electrons. The highest BCUT2D eigenvalue weighted by molar-refractivity contribution is 5.22. The fourth-order valence-corrected chi connectivity index (χ4v) is 8.41. The third-order valence-corrected chi connectivity index (χ3v) is 9.71. The lowest BCUT2D eigenvalue weighted by molar-refractivity contribution is -0.106. The molecule has 0 radical (unpaired) electrons. The zero-order chi connectivity index (χ0) is 17.9. The molecular formula is C24H34O2. The molecule has 5 rings (SSSR count). The minimum absolute atomic E-state index is 0.222. The topological polar surface area (TPSA) is 30.2 Å². The Labute approximate surface area is 157 Å².